The molecule has 2 aromatic rings. The molecule has 8 heteroatoms. The number of amides is 1. The van der Waals surface area contributed by atoms with Crippen LogP contribution in [-0.2, 0) is 11.3 Å². The van der Waals surface area contributed by atoms with Gasteiger partial charge in [-0.05, 0) is 6.07 Å². The molecule has 0 bridgehead atoms. The van der Waals surface area contributed by atoms with Crippen molar-refractivity contribution in [3.8, 4) is 0 Å². The van der Waals surface area contributed by atoms with Gasteiger partial charge in [0.25, 0.3) is 5.91 Å². The largest absolute Gasteiger partial charge is 0.379 e. The zero-order valence-corrected chi connectivity index (χ0v) is 14.4. The Morgan fingerprint density at radius 1 is 1.19 bits per heavy atom. The molecular weight excluding hydrogens is 337 g/mol. The second-order valence-corrected chi connectivity index (χ2v) is 5.95. The first-order chi connectivity index (χ1) is 12.7. The van der Waals surface area contributed by atoms with Crippen molar-refractivity contribution in [3.05, 3.63) is 53.6 Å². The number of halogens is 1. The Kier molecular flexibility index (Phi) is 6.45. The van der Waals surface area contributed by atoms with Gasteiger partial charge in [0.2, 0.25) is 5.95 Å². The Morgan fingerprint density at radius 3 is 2.65 bits per heavy atom. The van der Waals surface area contributed by atoms with E-state index < -0.39 is 0 Å². The summed E-state index contributed by atoms with van der Waals surface area (Å²) in [7, 11) is 0. The van der Waals surface area contributed by atoms with E-state index in [1.807, 2.05) is 0 Å². The van der Waals surface area contributed by atoms with Gasteiger partial charge in [-0.25, -0.2) is 14.4 Å². The predicted octanol–water partition coefficient (Wildman–Crippen LogP) is 1.29. The lowest BCUT2D eigenvalue weighted by atomic mass is 10.2. The van der Waals surface area contributed by atoms with E-state index in [0.29, 0.717) is 17.1 Å². The van der Waals surface area contributed by atoms with Crippen molar-refractivity contribution in [2.24, 2.45) is 0 Å². The van der Waals surface area contributed by atoms with Gasteiger partial charge in [-0.15, -0.1) is 0 Å². The smallest absolute Gasteiger partial charge is 0.254 e. The molecular formula is C18H22FN5O2. The van der Waals surface area contributed by atoms with Crippen LogP contribution < -0.4 is 10.6 Å². The average Bonchev–Trinajstić information content (AvgIpc) is 2.68. The lowest BCUT2D eigenvalue weighted by molar-refractivity contribution is 0.0398. The summed E-state index contributed by atoms with van der Waals surface area (Å²) in [6.07, 6.45) is 2.92. The quantitative estimate of drug-likeness (QED) is 0.776. The third-order valence-electron chi connectivity index (χ3n) is 4.13. The van der Waals surface area contributed by atoms with Gasteiger partial charge in [-0.3, -0.25) is 9.69 Å². The summed E-state index contributed by atoms with van der Waals surface area (Å²) < 4.78 is 18.9. The summed E-state index contributed by atoms with van der Waals surface area (Å²) in [4.78, 5) is 22.7. The molecule has 1 aromatic heterocycles. The second-order valence-electron chi connectivity index (χ2n) is 5.95. The molecule has 138 valence electrons. The number of benzene rings is 1. The number of hydrogen-bond acceptors (Lipinski definition) is 6. The van der Waals surface area contributed by atoms with Crippen LogP contribution in [0.2, 0.25) is 0 Å². The number of ether oxygens (including phenoxy) is 1. The minimum Gasteiger partial charge on any atom is -0.379 e. The summed E-state index contributed by atoms with van der Waals surface area (Å²) >= 11 is 0. The van der Waals surface area contributed by atoms with Crippen molar-refractivity contribution >= 4 is 11.9 Å². The molecule has 0 spiro atoms. The number of aromatic nitrogens is 2. The molecule has 1 fully saturated rings. The maximum absolute atomic E-state index is 13.6. The van der Waals surface area contributed by atoms with Gasteiger partial charge in [0.1, 0.15) is 5.82 Å². The molecule has 0 unspecified atom stereocenters. The molecule has 1 aliphatic rings. The van der Waals surface area contributed by atoms with Crippen LogP contribution in [-0.4, -0.2) is 60.2 Å². The van der Waals surface area contributed by atoms with Gasteiger partial charge in [-0.1, -0.05) is 18.2 Å². The van der Waals surface area contributed by atoms with Crippen LogP contribution in [0.3, 0.4) is 0 Å². The Morgan fingerprint density at radius 2 is 1.92 bits per heavy atom. The average molecular weight is 359 g/mol. The van der Waals surface area contributed by atoms with Crippen molar-refractivity contribution < 1.29 is 13.9 Å². The number of nitrogens with one attached hydrogen (secondary N) is 2. The fourth-order valence-corrected chi connectivity index (χ4v) is 2.61. The summed E-state index contributed by atoms with van der Waals surface area (Å²) in [5, 5.41) is 5.80. The summed E-state index contributed by atoms with van der Waals surface area (Å²) in [6, 6.07) is 6.33. The van der Waals surface area contributed by atoms with Crippen LogP contribution >= 0.6 is 0 Å². The van der Waals surface area contributed by atoms with E-state index in [1.54, 1.807) is 18.2 Å². The van der Waals surface area contributed by atoms with Crippen molar-refractivity contribution in [1.82, 2.24) is 20.2 Å². The molecule has 0 saturated carbocycles. The first kappa shape index (κ1) is 18.2. The molecule has 2 N–H and O–H groups in total. The van der Waals surface area contributed by atoms with E-state index in [1.165, 1.54) is 18.5 Å². The van der Waals surface area contributed by atoms with E-state index in [-0.39, 0.29) is 18.3 Å². The highest BCUT2D eigenvalue weighted by Crippen LogP contribution is 2.06. The van der Waals surface area contributed by atoms with Crippen molar-refractivity contribution in [2.75, 3.05) is 44.7 Å². The Labute approximate surface area is 151 Å². The number of hydrogen-bond donors (Lipinski definition) is 2. The summed E-state index contributed by atoms with van der Waals surface area (Å²) in [6.45, 7) is 5.13. The van der Waals surface area contributed by atoms with Crippen molar-refractivity contribution in [1.29, 1.82) is 0 Å². The van der Waals surface area contributed by atoms with E-state index in [2.05, 4.69) is 25.5 Å². The molecule has 7 nitrogen and oxygen atoms in total. The van der Waals surface area contributed by atoms with Crippen LogP contribution in [0, 0.1) is 5.82 Å². The number of carbonyl (C=O) groups is 1. The zero-order chi connectivity index (χ0) is 18.2. The fraction of sp³-hybridized carbons (Fsp3) is 0.389. The van der Waals surface area contributed by atoms with Gasteiger partial charge < -0.3 is 15.4 Å². The molecule has 3 rings (SSSR count). The van der Waals surface area contributed by atoms with Crippen molar-refractivity contribution in [2.45, 2.75) is 6.54 Å². The lowest BCUT2D eigenvalue weighted by Gasteiger charge is -2.26. The number of carbonyl (C=O) groups excluding carboxylic acids is 1. The van der Waals surface area contributed by atoms with Gasteiger partial charge in [0, 0.05) is 50.7 Å². The minimum absolute atomic E-state index is 0.116. The van der Waals surface area contributed by atoms with Crippen LogP contribution in [0.4, 0.5) is 10.3 Å². The van der Waals surface area contributed by atoms with Crippen LogP contribution in [0.1, 0.15) is 15.9 Å². The molecule has 0 radical (unpaired) electrons. The van der Waals surface area contributed by atoms with Crippen LogP contribution in [0.25, 0.3) is 0 Å². The zero-order valence-electron chi connectivity index (χ0n) is 14.4. The first-order valence-electron chi connectivity index (χ1n) is 8.60. The molecule has 2 heterocycles. The van der Waals surface area contributed by atoms with Gasteiger partial charge >= 0.3 is 0 Å². The van der Waals surface area contributed by atoms with Crippen LogP contribution in [0.5, 0.6) is 0 Å². The third kappa shape index (κ3) is 5.21. The maximum Gasteiger partial charge on any atom is 0.254 e. The Bertz CT molecular complexity index is 720. The Hall–Kier alpha value is -2.58. The minimum atomic E-state index is -0.344. The van der Waals surface area contributed by atoms with Gasteiger partial charge in [-0.2, -0.15) is 0 Å². The Balaban J connectivity index is 1.44. The van der Waals surface area contributed by atoms with Gasteiger partial charge in [0.15, 0.2) is 0 Å². The maximum atomic E-state index is 13.6. The van der Waals surface area contributed by atoms with E-state index >= 15 is 0 Å². The summed E-state index contributed by atoms with van der Waals surface area (Å²) in [5.74, 6) is -0.208. The molecule has 1 amide bonds. The molecule has 1 saturated heterocycles. The normalized spacial score (nSPS) is 14.8. The lowest BCUT2D eigenvalue weighted by Crippen LogP contribution is -2.39. The third-order valence-corrected chi connectivity index (χ3v) is 4.13. The van der Waals surface area contributed by atoms with E-state index in [4.69, 9.17) is 4.74 Å². The van der Waals surface area contributed by atoms with E-state index in [9.17, 15) is 9.18 Å². The highest BCUT2D eigenvalue weighted by Gasteiger charge is 2.11. The van der Waals surface area contributed by atoms with Gasteiger partial charge in [0.05, 0.1) is 18.8 Å². The number of anilines is 1. The molecule has 0 aliphatic carbocycles. The standard InChI is InChI=1S/C18H22FN5O2/c19-16-4-2-1-3-14(16)11-21-17(25)15-12-22-18(23-13-15)20-5-6-24-7-9-26-10-8-24/h1-4,12-13H,5-11H2,(H,21,25)(H,20,22,23). The molecule has 1 aromatic carbocycles. The van der Waals surface area contributed by atoms with Crippen LogP contribution in [0.15, 0.2) is 36.7 Å². The molecule has 0 atom stereocenters. The summed E-state index contributed by atoms with van der Waals surface area (Å²) in [5.41, 5.74) is 0.767. The van der Waals surface area contributed by atoms with E-state index in [0.717, 1.165) is 39.4 Å². The fourth-order valence-electron chi connectivity index (χ4n) is 2.61. The highest BCUT2D eigenvalue weighted by atomic mass is 19.1. The second kappa shape index (κ2) is 9.21. The molecule has 1 aliphatic heterocycles. The highest BCUT2D eigenvalue weighted by molar-refractivity contribution is 5.93. The first-order valence-corrected chi connectivity index (χ1v) is 8.60. The topological polar surface area (TPSA) is 79.4 Å². The predicted molar refractivity (Wildman–Crippen MR) is 95.4 cm³/mol. The molecule has 26 heavy (non-hydrogen) atoms. The number of morpholine rings is 1. The number of rotatable bonds is 7. The monoisotopic (exact) mass is 359 g/mol. The SMILES string of the molecule is O=C(NCc1ccccc1F)c1cnc(NCCN2CCOCC2)nc1. The van der Waals surface area contributed by atoms with Crippen molar-refractivity contribution in [3.63, 3.8) is 0 Å². The number of nitrogens with zero attached hydrogens (tertiary/aromatic N) is 3.